The number of hydrazone groups is 1. The van der Waals surface area contributed by atoms with E-state index in [0.29, 0.717) is 5.82 Å². The molecule has 1 N–H and O–H groups in total. The Bertz CT molecular complexity index is 841. The molecule has 0 saturated carbocycles. The van der Waals surface area contributed by atoms with Crippen LogP contribution in [0.5, 0.6) is 0 Å². The highest BCUT2D eigenvalue weighted by Crippen LogP contribution is 2.18. The van der Waals surface area contributed by atoms with Crippen molar-refractivity contribution >= 4 is 28.6 Å². The van der Waals surface area contributed by atoms with Crippen LogP contribution in [0.2, 0.25) is 0 Å². The lowest BCUT2D eigenvalue weighted by Crippen LogP contribution is -1.96. The quantitative estimate of drug-likeness (QED) is 0.453. The zero-order valence-electron chi connectivity index (χ0n) is 11.4. The standard InChI is InChI=1S/C15H11N5O2/c21-20(22)12-7-5-11(6-8-12)9-18-19-15-13-3-1-2-4-14(13)16-10-17-15/h1-10H,(H,16,17,19). The molecule has 0 fully saturated rings. The van der Waals surface area contributed by atoms with Gasteiger partial charge in [-0.2, -0.15) is 5.10 Å². The molecule has 3 rings (SSSR count). The van der Waals surface area contributed by atoms with Crippen molar-refractivity contribution in [3.63, 3.8) is 0 Å². The molecule has 7 nitrogen and oxygen atoms in total. The van der Waals surface area contributed by atoms with Crippen LogP contribution in [0.1, 0.15) is 5.56 Å². The summed E-state index contributed by atoms with van der Waals surface area (Å²) in [7, 11) is 0. The van der Waals surface area contributed by atoms with Gasteiger partial charge >= 0.3 is 0 Å². The zero-order valence-corrected chi connectivity index (χ0v) is 11.4. The molecular formula is C15H11N5O2. The predicted molar refractivity (Wildman–Crippen MR) is 83.9 cm³/mol. The fourth-order valence-corrected chi connectivity index (χ4v) is 1.94. The van der Waals surface area contributed by atoms with Crippen molar-refractivity contribution < 1.29 is 4.92 Å². The Balaban J connectivity index is 1.77. The van der Waals surface area contributed by atoms with Crippen molar-refractivity contribution in [3.05, 3.63) is 70.5 Å². The molecule has 22 heavy (non-hydrogen) atoms. The fourth-order valence-electron chi connectivity index (χ4n) is 1.94. The van der Waals surface area contributed by atoms with Crippen LogP contribution < -0.4 is 5.43 Å². The minimum atomic E-state index is -0.438. The van der Waals surface area contributed by atoms with Crippen molar-refractivity contribution in [2.45, 2.75) is 0 Å². The van der Waals surface area contributed by atoms with Crippen LogP contribution >= 0.6 is 0 Å². The number of benzene rings is 2. The van der Waals surface area contributed by atoms with Crippen LogP contribution in [0.3, 0.4) is 0 Å². The topological polar surface area (TPSA) is 93.3 Å². The number of nitrogens with one attached hydrogen (secondary N) is 1. The lowest BCUT2D eigenvalue weighted by Gasteiger charge is -2.03. The summed E-state index contributed by atoms with van der Waals surface area (Å²) >= 11 is 0. The van der Waals surface area contributed by atoms with E-state index in [1.54, 1.807) is 18.3 Å². The third-order valence-electron chi connectivity index (χ3n) is 3.03. The van der Waals surface area contributed by atoms with Crippen LogP contribution in [-0.4, -0.2) is 21.1 Å². The molecule has 0 aliphatic heterocycles. The Morgan fingerprint density at radius 1 is 1.09 bits per heavy atom. The minimum absolute atomic E-state index is 0.0481. The van der Waals surface area contributed by atoms with Gasteiger partial charge < -0.3 is 0 Å². The first kappa shape index (κ1) is 13.6. The second kappa shape index (κ2) is 5.96. The van der Waals surface area contributed by atoms with Gasteiger partial charge in [-0.15, -0.1) is 0 Å². The van der Waals surface area contributed by atoms with Crippen molar-refractivity contribution in [1.29, 1.82) is 0 Å². The van der Waals surface area contributed by atoms with Crippen molar-refractivity contribution in [1.82, 2.24) is 9.97 Å². The second-order valence-corrected chi connectivity index (χ2v) is 4.46. The van der Waals surface area contributed by atoms with Gasteiger partial charge in [0.05, 0.1) is 16.7 Å². The summed E-state index contributed by atoms with van der Waals surface area (Å²) in [5, 5.41) is 15.5. The van der Waals surface area contributed by atoms with E-state index in [4.69, 9.17) is 0 Å². The van der Waals surface area contributed by atoms with Crippen molar-refractivity contribution in [3.8, 4) is 0 Å². The van der Waals surface area contributed by atoms with Crippen LogP contribution in [0, 0.1) is 10.1 Å². The third kappa shape index (κ3) is 2.88. The van der Waals surface area contributed by atoms with Gasteiger partial charge in [0.1, 0.15) is 6.33 Å². The number of hydrogen-bond donors (Lipinski definition) is 1. The summed E-state index contributed by atoms with van der Waals surface area (Å²) in [5.41, 5.74) is 4.48. The molecule has 0 bridgehead atoms. The van der Waals surface area contributed by atoms with Gasteiger partial charge in [-0.05, 0) is 29.8 Å². The number of non-ortho nitro benzene ring substituents is 1. The van der Waals surface area contributed by atoms with E-state index in [1.807, 2.05) is 24.3 Å². The molecule has 0 amide bonds. The Hall–Kier alpha value is -3.35. The molecule has 7 heteroatoms. The average molecular weight is 293 g/mol. The highest BCUT2D eigenvalue weighted by molar-refractivity contribution is 5.89. The second-order valence-electron chi connectivity index (χ2n) is 4.46. The molecule has 0 radical (unpaired) electrons. The molecule has 2 aromatic carbocycles. The first-order valence-corrected chi connectivity index (χ1v) is 6.47. The van der Waals surface area contributed by atoms with Gasteiger partial charge in [0.15, 0.2) is 5.82 Å². The molecule has 3 aromatic rings. The van der Waals surface area contributed by atoms with E-state index >= 15 is 0 Å². The molecule has 0 atom stereocenters. The number of nitro benzene ring substituents is 1. The molecule has 108 valence electrons. The molecule has 0 spiro atoms. The summed E-state index contributed by atoms with van der Waals surface area (Å²) in [5.74, 6) is 0.601. The van der Waals surface area contributed by atoms with E-state index in [9.17, 15) is 10.1 Å². The highest BCUT2D eigenvalue weighted by atomic mass is 16.6. The monoisotopic (exact) mass is 293 g/mol. The van der Waals surface area contributed by atoms with Gasteiger partial charge in [-0.1, -0.05) is 12.1 Å². The van der Waals surface area contributed by atoms with E-state index < -0.39 is 4.92 Å². The van der Waals surface area contributed by atoms with Gasteiger partial charge in [0, 0.05) is 17.5 Å². The Kier molecular flexibility index (Phi) is 3.69. The normalized spacial score (nSPS) is 10.9. The van der Waals surface area contributed by atoms with E-state index in [0.717, 1.165) is 16.5 Å². The third-order valence-corrected chi connectivity index (χ3v) is 3.03. The Morgan fingerprint density at radius 2 is 1.86 bits per heavy atom. The Morgan fingerprint density at radius 3 is 2.64 bits per heavy atom. The first-order chi connectivity index (χ1) is 10.7. The maximum atomic E-state index is 10.6. The Labute approximate surface area is 125 Å². The molecule has 0 aliphatic carbocycles. The number of para-hydroxylation sites is 1. The number of anilines is 1. The lowest BCUT2D eigenvalue weighted by atomic mass is 10.2. The van der Waals surface area contributed by atoms with E-state index in [1.165, 1.54) is 18.5 Å². The number of fused-ring (bicyclic) bond motifs is 1. The molecule has 1 heterocycles. The summed E-state index contributed by atoms with van der Waals surface area (Å²) in [6.07, 6.45) is 3.03. The van der Waals surface area contributed by atoms with E-state index in [2.05, 4.69) is 20.5 Å². The molecule has 1 aromatic heterocycles. The van der Waals surface area contributed by atoms with Crippen molar-refractivity contribution in [2.75, 3.05) is 5.43 Å². The van der Waals surface area contributed by atoms with Gasteiger partial charge in [0.25, 0.3) is 5.69 Å². The highest BCUT2D eigenvalue weighted by Gasteiger charge is 2.03. The maximum Gasteiger partial charge on any atom is 0.269 e. The smallest absolute Gasteiger partial charge is 0.261 e. The van der Waals surface area contributed by atoms with Crippen LogP contribution in [0.15, 0.2) is 60.0 Å². The van der Waals surface area contributed by atoms with Gasteiger partial charge in [-0.3, -0.25) is 15.5 Å². The summed E-state index contributed by atoms with van der Waals surface area (Å²) in [4.78, 5) is 18.5. The predicted octanol–water partition coefficient (Wildman–Crippen LogP) is 2.98. The van der Waals surface area contributed by atoms with Crippen LogP contribution in [0.4, 0.5) is 11.5 Å². The number of aromatic nitrogens is 2. The fraction of sp³-hybridized carbons (Fsp3) is 0. The first-order valence-electron chi connectivity index (χ1n) is 6.47. The largest absolute Gasteiger partial charge is 0.269 e. The molecule has 0 unspecified atom stereocenters. The minimum Gasteiger partial charge on any atom is -0.261 e. The summed E-state index contributed by atoms with van der Waals surface area (Å²) in [6, 6.07) is 13.7. The van der Waals surface area contributed by atoms with E-state index in [-0.39, 0.29) is 5.69 Å². The zero-order chi connectivity index (χ0) is 15.4. The van der Waals surface area contributed by atoms with Crippen LogP contribution in [0.25, 0.3) is 10.9 Å². The average Bonchev–Trinajstić information content (AvgIpc) is 2.55. The van der Waals surface area contributed by atoms with Gasteiger partial charge in [-0.25, -0.2) is 9.97 Å². The molecule has 0 saturated heterocycles. The summed E-state index contributed by atoms with van der Waals surface area (Å²) in [6.45, 7) is 0. The van der Waals surface area contributed by atoms with Crippen LogP contribution in [-0.2, 0) is 0 Å². The van der Waals surface area contributed by atoms with Gasteiger partial charge in [0.2, 0.25) is 0 Å². The molecule has 0 aliphatic rings. The number of hydrogen-bond acceptors (Lipinski definition) is 6. The number of nitro groups is 1. The number of rotatable bonds is 4. The number of nitrogens with zero attached hydrogens (tertiary/aromatic N) is 4. The molecular weight excluding hydrogens is 282 g/mol. The van der Waals surface area contributed by atoms with Crippen molar-refractivity contribution in [2.24, 2.45) is 5.10 Å². The maximum absolute atomic E-state index is 10.6. The summed E-state index contributed by atoms with van der Waals surface area (Å²) < 4.78 is 0. The lowest BCUT2D eigenvalue weighted by molar-refractivity contribution is -0.384. The SMILES string of the molecule is O=[N+]([O-])c1ccc(C=NNc2ncnc3ccccc23)cc1.